The molecule has 0 saturated heterocycles. The zero-order chi connectivity index (χ0) is 13.1. The van der Waals surface area contributed by atoms with E-state index in [4.69, 9.17) is 9.47 Å². The number of rotatable bonds is 9. The Morgan fingerprint density at radius 1 is 1.22 bits per heavy atom. The number of benzene rings is 1. The zero-order valence-electron chi connectivity index (χ0n) is 10.9. The fraction of sp³-hybridized carbons (Fsp3) is 0.500. The Balaban J connectivity index is 1.99. The van der Waals surface area contributed by atoms with Gasteiger partial charge in [0.15, 0.2) is 0 Å². The molecular weight excluding hydrogens is 230 g/mol. The van der Waals surface area contributed by atoms with Gasteiger partial charge in [-0.05, 0) is 18.4 Å². The van der Waals surface area contributed by atoms with Crippen molar-refractivity contribution in [1.29, 1.82) is 0 Å². The van der Waals surface area contributed by atoms with Gasteiger partial charge in [0.25, 0.3) is 0 Å². The highest BCUT2D eigenvalue weighted by Crippen LogP contribution is 2.01. The maximum absolute atomic E-state index is 11.3. The molecule has 4 nitrogen and oxygen atoms in total. The van der Waals surface area contributed by atoms with Crippen molar-refractivity contribution < 1.29 is 14.3 Å². The summed E-state index contributed by atoms with van der Waals surface area (Å²) in [5, 5.41) is 2.83. The van der Waals surface area contributed by atoms with Gasteiger partial charge in [0.1, 0.15) is 6.61 Å². The van der Waals surface area contributed by atoms with Crippen molar-refractivity contribution >= 4 is 5.91 Å². The lowest BCUT2D eigenvalue weighted by Gasteiger charge is -2.06. The van der Waals surface area contributed by atoms with Gasteiger partial charge in [-0.3, -0.25) is 4.79 Å². The summed E-state index contributed by atoms with van der Waals surface area (Å²) in [6.45, 7) is 1.76. The maximum atomic E-state index is 11.3. The Labute approximate surface area is 108 Å². The second-order valence-corrected chi connectivity index (χ2v) is 3.98. The number of carbonyl (C=O) groups excluding carboxylic acids is 1. The quantitative estimate of drug-likeness (QED) is 0.675. The molecule has 18 heavy (non-hydrogen) atoms. The minimum Gasteiger partial charge on any atom is -0.382 e. The molecular formula is C14H21NO3. The van der Waals surface area contributed by atoms with Gasteiger partial charge in [0.2, 0.25) is 5.91 Å². The van der Waals surface area contributed by atoms with Crippen LogP contribution in [-0.4, -0.2) is 39.4 Å². The molecule has 0 aliphatic carbocycles. The third-order valence-electron chi connectivity index (χ3n) is 2.47. The van der Waals surface area contributed by atoms with Crippen LogP contribution >= 0.6 is 0 Å². The average molecular weight is 251 g/mol. The number of methoxy groups -OCH3 is 1. The van der Waals surface area contributed by atoms with Crippen molar-refractivity contribution in [2.75, 3.05) is 33.5 Å². The second-order valence-electron chi connectivity index (χ2n) is 3.98. The van der Waals surface area contributed by atoms with Crippen molar-refractivity contribution in [3.8, 4) is 0 Å². The van der Waals surface area contributed by atoms with E-state index in [0.29, 0.717) is 19.8 Å². The molecule has 0 spiro atoms. The summed E-state index contributed by atoms with van der Waals surface area (Å²) in [4.78, 5) is 11.3. The maximum Gasteiger partial charge on any atom is 0.245 e. The predicted octanol–water partition coefficient (Wildman–Crippen LogP) is 1.40. The van der Waals surface area contributed by atoms with Crippen molar-refractivity contribution in [3.63, 3.8) is 0 Å². The molecule has 0 radical (unpaired) electrons. The van der Waals surface area contributed by atoms with Crippen LogP contribution in [0, 0.1) is 0 Å². The van der Waals surface area contributed by atoms with E-state index in [9.17, 15) is 4.79 Å². The van der Waals surface area contributed by atoms with Crippen LogP contribution in [0.3, 0.4) is 0 Å². The molecule has 0 saturated carbocycles. The Kier molecular flexibility index (Phi) is 7.84. The van der Waals surface area contributed by atoms with E-state index in [-0.39, 0.29) is 12.5 Å². The molecule has 0 aliphatic heterocycles. The number of nitrogens with one attached hydrogen (secondary N) is 1. The number of hydrogen-bond donors (Lipinski definition) is 1. The summed E-state index contributed by atoms with van der Waals surface area (Å²) < 4.78 is 9.93. The smallest absolute Gasteiger partial charge is 0.245 e. The van der Waals surface area contributed by atoms with E-state index in [1.165, 1.54) is 5.56 Å². The molecule has 0 bridgehead atoms. The first-order chi connectivity index (χ1) is 8.83. The van der Waals surface area contributed by atoms with Crippen molar-refractivity contribution in [3.05, 3.63) is 35.9 Å². The van der Waals surface area contributed by atoms with Crippen molar-refractivity contribution in [2.45, 2.75) is 12.8 Å². The summed E-state index contributed by atoms with van der Waals surface area (Å²) >= 11 is 0. The Hall–Kier alpha value is -1.39. The van der Waals surface area contributed by atoms with E-state index in [2.05, 4.69) is 17.4 Å². The molecule has 0 unspecified atom stereocenters. The Morgan fingerprint density at radius 2 is 2.00 bits per heavy atom. The first kappa shape index (κ1) is 14.7. The summed E-state index contributed by atoms with van der Waals surface area (Å²) in [5.41, 5.74) is 1.29. The molecule has 0 aliphatic rings. The third kappa shape index (κ3) is 7.04. The van der Waals surface area contributed by atoms with Gasteiger partial charge in [0.05, 0.1) is 13.2 Å². The average Bonchev–Trinajstić information content (AvgIpc) is 2.41. The molecule has 4 heteroatoms. The van der Waals surface area contributed by atoms with Gasteiger partial charge in [-0.1, -0.05) is 30.3 Å². The highest BCUT2D eigenvalue weighted by molar-refractivity contribution is 5.77. The minimum atomic E-state index is -0.0702. The van der Waals surface area contributed by atoms with E-state index < -0.39 is 0 Å². The normalized spacial score (nSPS) is 10.3. The Bertz CT molecular complexity index is 327. The van der Waals surface area contributed by atoms with Crippen LogP contribution in [0.1, 0.15) is 12.0 Å². The highest BCUT2D eigenvalue weighted by Gasteiger charge is 2.00. The fourth-order valence-electron chi connectivity index (χ4n) is 1.52. The number of carbonyl (C=O) groups is 1. The predicted molar refractivity (Wildman–Crippen MR) is 70.5 cm³/mol. The second kappa shape index (κ2) is 9.62. The van der Waals surface area contributed by atoms with Gasteiger partial charge < -0.3 is 14.8 Å². The number of hydrogen-bond acceptors (Lipinski definition) is 3. The topological polar surface area (TPSA) is 47.6 Å². The molecule has 0 atom stereocenters. The van der Waals surface area contributed by atoms with Crippen molar-refractivity contribution in [1.82, 2.24) is 5.32 Å². The number of amides is 1. The van der Waals surface area contributed by atoms with Crippen LogP contribution in [0.2, 0.25) is 0 Å². The number of ether oxygens (including phenoxy) is 2. The summed E-state index contributed by atoms with van der Waals surface area (Å²) in [7, 11) is 1.60. The molecule has 0 aromatic heterocycles. The first-order valence-corrected chi connectivity index (χ1v) is 6.20. The van der Waals surface area contributed by atoms with Gasteiger partial charge in [-0.2, -0.15) is 0 Å². The Morgan fingerprint density at radius 3 is 2.72 bits per heavy atom. The lowest BCUT2D eigenvalue weighted by atomic mass is 10.1. The van der Waals surface area contributed by atoms with Gasteiger partial charge in [-0.15, -0.1) is 0 Å². The van der Waals surface area contributed by atoms with Gasteiger partial charge in [0, 0.05) is 13.7 Å². The standard InChI is InChI=1S/C14H21NO3/c1-17-10-11-18-12-14(16)15-9-5-8-13-6-3-2-4-7-13/h2-4,6-7H,5,8-12H2,1H3,(H,15,16). The van der Waals surface area contributed by atoms with E-state index in [1.807, 2.05) is 18.2 Å². The molecule has 1 N–H and O–H groups in total. The molecule has 1 rings (SSSR count). The van der Waals surface area contributed by atoms with E-state index in [1.54, 1.807) is 7.11 Å². The third-order valence-corrected chi connectivity index (χ3v) is 2.47. The first-order valence-electron chi connectivity index (χ1n) is 6.20. The van der Waals surface area contributed by atoms with E-state index >= 15 is 0 Å². The fourth-order valence-corrected chi connectivity index (χ4v) is 1.52. The van der Waals surface area contributed by atoms with Gasteiger partial charge >= 0.3 is 0 Å². The molecule has 1 aromatic carbocycles. The summed E-state index contributed by atoms with van der Waals surface area (Å²) in [6.07, 6.45) is 1.92. The number of aryl methyl sites for hydroxylation is 1. The van der Waals surface area contributed by atoms with Crippen LogP contribution in [-0.2, 0) is 20.7 Å². The highest BCUT2D eigenvalue weighted by atomic mass is 16.5. The van der Waals surface area contributed by atoms with Crippen LogP contribution in [0.4, 0.5) is 0 Å². The van der Waals surface area contributed by atoms with Gasteiger partial charge in [-0.25, -0.2) is 0 Å². The van der Waals surface area contributed by atoms with Crippen LogP contribution < -0.4 is 5.32 Å². The zero-order valence-corrected chi connectivity index (χ0v) is 10.9. The lowest BCUT2D eigenvalue weighted by molar-refractivity contribution is -0.126. The molecule has 0 fully saturated rings. The summed E-state index contributed by atoms with van der Waals surface area (Å²) in [6, 6.07) is 10.2. The molecule has 0 heterocycles. The molecule has 1 aromatic rings. The van der Waals surface area contributed by atoms with Crippen LogP contribution in [0.5, 0.6) is 0 Å². The monoisotopic (exact) mass is 251 g/mol. The molecule has 100 valence electrons. The molecule has 1 amide bonds. The largest absolute Gasteiger partial charge is 0.382 e. The van der Waals surface area contributed by atoms with Crippen LogP contribution in [0.25, 0.3) is 0 Å². The van der Waals surface area contributed by atoms with Crippen LogP contribution in [0.15, 0.2) is 30.3 Å². The van der Waals surface area contributed by atoms with Crippen molar-refractivity contribution in [2.24, 2.45) is 0 Å². The summed E-state index contributed by atoms with van der Waals surface area (Å²) in [5.74, 6) is -0.0702. The SMILES string of the molecule is COCCOCC(=O)NCCCc1ccccc1. The minimum absolute atomic E-state index is 0.0702. The lowest BCUT2D eigenvalue weighted by Crippen LogP contribution is -2.29. The van der Waals surface area contributed by atoms with E-state index in [0.717, 1.165) is 12.8 Å².